The van der Waals surface area contributed by atoms with Crippen LogP contribution in [0.15, 0.2) is 205 Å². The number of carboxylic acid groups (broad SMARTS) is 1. The van der Waals surface area contributed by atoms with Crippen molar-refractivity contribution in [2.24, 2.45) is 0 Å². The quantitative estimate of drug-likeness (QED) is 0.0926. The molecule has 8 aromatic carbocycles. The van der Waals surface area contributed by atoms with Gasteiger partial charge in [-0.1, -0.05) is 133 Å². The van der Waals surface area contributed by atoms with Crippen molar-refractivity contribution in [3.8, 4) is 51.0 Å². The number of aromatic carboxylic acids is 1. The minimum Gasteiger partial charge on any atom is -0.489 e. The zero-order chi connectivity index (χ0) is 41.7. The van der Waals surface area contributed by atoms with Gasteiger partial charge in [0.1, 0.15) is 35.2 Å². The number of nitro groups is 1. The number of para-hydroxylation sites is 3. The van der Waals surface area contributed by atoms with Gasteiger partial charge in [-0.15, -0.1) is 0 Å². The van der Waals surface area contributed by atoms with Crippen molar-refractivity contribution in [3.05, 3.63) is 227 Å². The Morgan fingerprint density at radius 2 is 1.07 bits per heavy atom. The Hall–Kier alpha value is -8.23. The van der Waals surface area contributed by atoms with E-state index in [1.165, 1.54) is 35.3 Å². The van der Waals surface area contributed by atoms with Gasteiger partial charge in [0.15, 0.2) is 0 Å². The lowest BCUT2D eigenvalue weighted by Crippen LogP contribution is -1.99. The predicted molar refractivity (Wildman–Crippen MR) is 240 cm³/mol. The maximum atomic E-state index is 11.6. The van der Waals surface area contributed by atoms with E-state index >= 15 is 0 Å². The average molecular weight is 800 g/mol. The molecule has 0 fully saturated rings. The lowest BCUT2D eigenvalue weighted by Gasteiger charge is -2.18. The fourth-order valence-corrected chi connectivity index (χ4v) is 7.71. The topological polar surface area (TPSA) is 108 Å². The first-order chi connectivity index (χ1) is 29.9. The third-order valence-corrected chi connectivity index (χ3v) is 10.6. The molecule has 0 atom stereocenters. The molecular formula is C53H37NO7. The summed E-state index contributed by atoms with van der Waals surface area (Å²) in [6, 6.07) is 52.8. The molecular weight excluding hydrogens is 763 g/mol. The minimum atomic E-state index is -1.05. The Morgan fingerprint density at radius 3 is 1.52 bits per heavy atom. The molecule has 1 aliphatic heterocycles. The van der Waals surface area contributed by atoms with Crippen LogP contribution in [0.25, 0.3) is 43.8 Å². The second-order valence-corrected chi connectivity index (χ2v) is 14.5. The molecule has 0 spiro atoms. The summed E-state index contributed by atoms with van der Waals surface area (Å²) < 4.78 is 17.0. The number of benzene rings is 8. The van der Waals surface area contributed by atoms with Gasteiger partial charge in [0.05, 0.1) is 4.92 Å². The van der Waals surface area contributed by atoms with Crippen molar-refractivity contribution in [1.29, 1.82) is 0 Å². The van der Waals surface area contributed by atoms with Crippen molar-refractivity contribution < 1.29 is 29.0 Å². The van der Waals surface area contributed by atoms with E-state index in [0.29, 0.717) is 11.5 Å². The van der Waals surface area contributed by atoms with Gasteiger partial charge >= 0.3 is 11.7 Å². The van der Waals surface area contributed by atoms with Gasteiger partial charge in [-0.05, 0) is 122 Å². The Kier molecular flexibility index (Phi) is 10.6. The van der Waals surface area contributed by atoms with Crippen LogP contribution >= 0.6 is 0 Å². The first-order valence-corrected chi connectivity index (χ1v) is 19.7. The summed E-state index contributed by atoms with van der Waals surface area (Å²) in [5, 5.41) is 25.3. The van der Waals surface area contributed by atoms with Crippen molar-refractivity contribution >= 4 is 33.2 Å². The van der Waals surface area contributed by atoms with E-state index in [0.717, 1.165) is 56.2 Å². The number of nitrogens with zero attached hydrogens (tertiary/aromatic N) is 1. The second-order valence-electron chi connectivity index (χ2n) is 14.5. The standard InChI is InChI=1S/C39H25NO6.C7H6O.C7H6/c41-39(42)33-13-5-7-15-35(33)45-27-21-17-25(18-22-27)37-29-9-1-3-11-31(29)38(32-12-4-2-10-30(32)37)26-19-23-28(24-20-26)46-36-16-8-6-14-34(36)40(43)44;1-2-6-4-7(3-1)8-5-6;1-2-7-4-3-6(1)5-7/h1-24H,(H,41,42);1-4H,5H2;1-4H,5H2. The highest BCUT2D eigenvalue weighted by Gasteiger charge is 2.19. The Labute approximate surface area is 351 Å². The summed E-state index contributed by atoms with van der Waals surface area (Å²) >= 11 is 0. The normalized spacial score (nSPS) is 12.7. The lowest BCUT2D eigenvalue weighted by molar-refractivity contribution is -0.385. The molecule has 11 rings (SSSR count). The first-order valence-electron chi connectivity index (χ1n) is 19.7. The van der Waals surface area contributed by atoms with Crippen LogP contribution < -0.4 is 14.2 Å². The highest BCUT2D eigenvalue weighted by molar-refractivity contribution is 6.21. The maximum absolute atomic E-state index is 11.6. The largest absolute Gasteiger partial charge is 0.489 e. The van der Waals surface area contributed by atoms with E-state index in [9.17, 15) is 20.0 Å². The van der Waals surface area contributed by atoms with Crippen molar-refractivity contribution in [1.82, 2.24) is 0 Å². The summed E-state index contributed by atoms with van der Waals surface area (Å²) in [7, 11) is 0. The molecule has 8 nitrogen and oxygen atoms in total. The van der Waals surface area contributed by atoms with Gasteiger partial charge < -0.3 is 19.3 Å². The Balaban J connectivity index is 0.000000261. The number of fused-ring (bicyclic) bond motifs is 6. The molecule has 0 aromatic heterocycles. The number of carbonyl (C=O) groups is 1. The summed E-state index contributed by atoms with van der Waals surface area (Å²) in [4.78, 5) is 22.6. The molecule has 296 valence electrons. The number of hydrogen-bond acceptors (Lipinski definition) is 6. The van der Waals surface area contributed by atoms with Crippen molar-refractivity contribution in [3.63, 3.8) is 0 Å². The number of allylic oxidation sites excluding steroid dienone is 6. The van der Waals surface area contributed by atoms with E-state index in [2.05, 4.69) is 60.7 Å². The number of hydrogen-bond donors (Lipinski definition) is 1. The molecule has 3 aliphatic rings. The second kappa shape index (κ2) is 16.9. The zero-order valence-corrected chi connectivity index (χ0v) is 32.7. The molecule has 2 aliphatic carbocycles. The summed E-state index contributed by atoms with van der Waals surface area (Å²) in [5.74, 6) is 1.45. The third kappa shape index (κ3) is 8.24. The van der Waals surface area contributed by atoms with Crippen molar-refractivity contribution in [2.75, 3.05) is 0 Å². The van der Waals surface area contributed by atoms with E-state index in [4.69, 9.17) is 14.2 Å². The number of rotatable bonds is 8. The van der Waals surface area contributed by atoms with Gasteiger partial charge in [0.25, 0.3) is 0 Å². The van der Waals surface area contributed by atoms with Gasteiger partial charge in [0.2, 0.25) is 5.75 Å². The van der Waals surface area contributed by atoms with Crippen LogP contribution in [-0.4, -0.2) is 16.0 Å². The zero-order valence-electron chi connectivity index (χ0n) is 32.7. The van der Waals surface area contributed by atoms with E-state index in [-0.39, 0.29) is 22.7 Å². The SMILES string of the molecule is C1=CC2=CC=C1C2.O=C(O)c1ccccc1Oc1ccc(-c2c3ccccc3c(-c3ccc(Oc4ccccc4[N+](=O)[O-])cc3)c3ccccc23)cc1.c1cc2cc(c1)OC2. The first kappa shape index (κ1) is 38.3. The summed E-state index contributed by atoms with van der Waals surface area (Å²) in [6.07, 6.45) is 9.90. The van der Waals surface area contributed by atoms with E-state index < -0.39 is 10.9 Å². The smallest absolute Gasteiger partial charge is 0.339 e. The average Bonchev–Trinajstić information content (AvgIpc) is 4.04. The molecule has 4 bridgehead atoms. The highest BCUT2D eigenvalue weighted by Crippen LogP contribution is 2.44. The van der Waals surface area contributed by atoms with Crippen LogP contribution in [-0.2, 0) is 6.61 Å². The molecule has 8 aromatic rings. The minimum absolute atomic E-state index is 0.0937. The Morgan fingerprint density at radius 1 is 0.574 bits per heavy atom. The molecule has 0 radical (unpaired) electrons. The number of ether oxygens (including phenoxy) is 3. The molecule has 61 heavy (non-hydrogen) atoms. The molecule has 1 N–H and O–H groups in total. The van der Waals surface area contributed by atoms with Gasteiger partial charge in [-0.3, -0.25) is 10.1 Å². The van der Waals surface area contributed by atoms with E-state index in [1.807, 2.05) is 84.9 Å². The fraction of sp³-hybridized carbons (Fsp3) is 0.0377. The number of nitro benzene ring substituents is 1. The van der Waals surface area contributed by atoms with Crippen LogP contribution in [0.1, 0.15) is 22.3 Å². The predicted octanol–water partition coefficient (Wildman–Crippen LogP) is 13.9. The highest BCUT2D eigenvalue weighted by atomic mass is 16.6. The van der Waals surface area contributed by atoms with Crippen LogP contribution in [0, 0.1) is 10.1 Å². The number of carboxylic acids is 1. The summed E-state index contributed by atoms with van der Waals surface area (Å²) in [6.45, 7) is 0.766. The molecule has 0 amide bonds. The molecule has 0 saturated carbocycles. The summed E-state index contributed by atoms with van der Waals surface area (Å²) in [5.41, 5.74) is 8.33. The molecule has 0 saturated heterocycles. The van der Waals surface area contributed by atoms with Gasteiger partial charge in [-0.2, -0.15) is 0 Å². The van der Waals surface area contributed by atoms with E-state index in [1.54, 1.807) is 36.4 Å². The molecule has 8 heteroatoms. The monoisotopic (exact) mass is 799 g/mol. The molecule has 1 heterocycles. The van der Waals surface area contributed by atoms with Crippen LogP contribution in [0.3, 0.4) is 0 Å². The van der Waals surface area contributed by atoms with Gasteiger partial charge in [0, 0.05) is 6.07 Å². The van der Waals surface area contributed by atoms with Crippen LogP contribution in [0.4, 0.5) is 5.69 Å². The maximum Gasteiger partial charge on any atom is 0.339 e. The van der Waals surface area contributed by atoms with Crippen LogP contribution in [0.5, 0.6) is 28.7 Å². The van der Waals surface area contributed by atoms with Crippen LogP contribution in [0.2, 0.25) is 0 Å². The fourth-order valence-electron chi connectivity index (χ4n) is 7.71. The Bertz CT molecular complexity index is 2800. The van der Waals surface area contributed by atoms with Crippen molar-refractivity contribution in [2.45, 2.75) is 13.0 Å². The third-order valence-electron chi connectivity index (χ3n) is 10.6. The molecule has 0 unspecified atom stereocenters. The van der Waals surface area contributed by atoms with Gasteiger partial charge in [-0.25, -0.2) is 4.79 Å². The lowest BCUT2D eigenvalue weighted by atomic mass is 9.86.